The van der Waals surface area contributed by atoms with Crippen LogP contribution in [0.25, 0.3) is 0 Å². The zero-order chi connectivity index (χ0) is 19.3. The Morgan fingerprint density at radius 2 is 1.79 bits per heavy atom. The smallest absolute Gasteiger partial charge is 0.231 e. The molecule has 2 aliphatic heterocycles. The molecule has 0 spiro atoms. The lowest BCUT2D eigenvalue weighted by molar-refractivity contribution is -0.917. The number of hydrogen-bond acceptors (Lipinski definition) is 4. The molecule has 7 heteroatoms. The third kappa shape index (κ3) is 4.35. The zero-order valence-electron chi connectivity index (χ0n) is 15.6. The van der Waals surface area contributed by atoms with E-state index in [1.165, 1.54) is 5.56 Å². The number of thiocarbonyl (C=S) groups is 1. The Hall–Kier alpha value is -2.82. The number of hydrogen-bond donors (Lipinski definition) is 2. The van der Waals surface area contributed by atoms with Crippen molar-refractivity contribution in [2.45, 2.75) is 13.1 Å². The second-order valence-electron chi connectivity index (χ2n) is 7.07. The van der Waals surface area contributed by atoms with Crippen LogP contribution in [0.5, 0.6) is 11.5 Å². The van der Waals surface area contributed by atoms with Gasteiger partial charge in [0.15, 0.2) is 16.6 Å². The van der Waals surface area contributed by atoms with E-state index >= 15 is 0 Å². The molecule has 2 aliphatic rings. The molecule has 0 bridgehead atoms. The van der Waals surface area contributed by atoms with Gasteiger partial charge in [0.1, 0.15) is 6.54 Å². The number of rotatable bonds is 4. The summed E-state index contributed by atoms with van der Waals surface area (Å²) < 4.78 is 10.8. The summed E-state index contributed by atoms with van der Waals surface area (Å²) in [6.07, 6.45) is 0. The predicted molar refractivity (Wildman–Crippen MR) is 109 cm³/mol. The summed E-state index contributed by atoms with van der Waals surface area (Å²) in [7, 11) is 0. The molecule has 0 saturated carbocycles. The van der Waals surface area contributed by atoms with Gasteiger partial charge < -0.3 is 24.6 Å². The molecule has 1 saturated heterocycles. The van der Waals surface area contributed by atoms with Gasteiger partial charge >= 0.3 is 0 Å². The van der Waals surface area contributed by atoms with Crippen molar-refractivity contribution in [1.82, 2.24) is 10.2 Å². The van der Waals surface area contributed by atoms with Crippen LogP contribution in [0.3, 0.4) is 0 Å². The third-order valence-electron chi connectivity index (χ3n) is 5.18. The summed E-state index contributed by atoms with van der Waals surface area (Å²) in [5.74, 6) is 1.60. The molecule has 2 N–H and O–H groups in total. The number of piperazine rings is 1. The van der Waals surface area contributed by atoms with Crippen molar-refractivity contribution in [1.29, 1.82) is 5.26 Å². The van der Waals surface area contributed by atoms with E-state index < -0.39 is 0 Å². The van der Waals surface area contributed by atoms with Gasteiger partial charge in [-0.15, -0.1) is 0 Å². The highest BCUT2D eigenvalue weighted by Gasteiger charge is 2.22. The van der Waals surface area contributed by atoms with Crippen LogP contribution >= 0.6 is 12.2 Å². The largest absolute Gasteiger partial charge is 0.454 e. The van der Waals surface area contributed by atoms with E-state index in [2.05, 4.69) is 28.4 Å². The molecule has 28 heavy (non-hydrogen) atoms. The molecule has 6 nitrogen and oxygen atoms in total. The fourth-order valence-corrected chi connectivity index (χ4v) is 3.78. The van der Waals surface area contributed by atoms with Gasteiger partial charge in [0, 0.05) is 12.1 Å². The van der Waals surface area contributed by atoms with Gasteiger partial charge in [0.05, 0.1) is 37.8 Å². The van der Waals surface area contributed by atoms with Crippen molar-refractivity contribution >= 4 is 17.3 Å². The Kier molecular flexibility index (Phi) is 5.60. The number of quaternary nitrogens is 1. The second-order valence-corrected chi connectivity index (χ2v) is 7.46. The molecule has 2 heterocycles. The molecule has 2 aromatic carbocycles. The first-order valence-electron chi connectivity index (χ1n) is 9.45. The highest BCUT2D eigenvalue weighted by Crippen LogP contribution is 2.32. The summed E-state index contributed by atoms with van der Waals surface area (Å²) in [6.45, 7) is 5.93. The number of nitrogens with zero attached hydrogens (tertiary/aromatic N) is 2. The molecule has 0 aromatic heterocycles. The summed E-state index contributed by atoms with van der Waals surface area (Å²) in [5.41, 5.74) is 3.10. The molecule has 1 fully saturated rings. The lowest BCUT2D eigenvalue weighted by Crippen LogP contribution is -3.13. The van der Waals surface area contributed by atoms with Crippen LogP contribution in [0.2, 0.25) is 0 Å². The minimum absolute atomic E-state index is 0.291. The van der Waals surface area contributed by atoms with Gasteiger partial charge in [0.25, 0.3) is 0 Å². The van der Waals surface area contributed by atoms with Crippen molar-refractivity contribution in [2.75, 3.05) is 33.0 Å². The Labute approximate surface area is 170 Å². The number of benzene rings is 2. The van der Waals surface area contributed by atoms with Crippen molar-refractivity contribution in [3.8, 4) is 17.6 Å². The number of nitriles is 1. The first kappa shape index (κ1) is 18.5. The van der Waals surface area contributed by atoms with E-state index in [4.69, 9.17) is 27.0 Å². The Balaban J connectivity index is 1.23. The topological polar surface area (TPSA) is 62.0 Å². The van der Waals surface area contributed by atoms with Crippen LogP contribution in [-0.4, -0.2) is 43.0 Å². The third-order valence-corrected chi connectivity index (χ3v) is 5.58. The van der Waals surface area contributed by atoms with Crippen molar-refractivity contribution in [2.24, 2.45) is 0 Å². The quantitative estimate of drug-likeness (QED) is 0.755. The van der Waals surface area contributed by atoms with Gasteiger partial charge in [-0.05, 0) is 42.0 Å². The van der Waals surface area contributed by atoms with Crippen LogP contribution in [0.1, 0.15) is 16.7 Å². The molecule has 144 valence electrons. The number of ether oxygens (including phenoxy) is 2. The highest BCUT2D eigenvalue weighted by molar-refractivity contribution is 7.80. The van der Waals surface area contributed by atoms with Gasteiger partial charge in [0.2, 0.25) is 6.79 Å². The number of fused-ring (bicyclic) bond motifs is 1. The summed E-state index contributed by atoms with van der Waals surface area (Å²) in [5, 5.41) is 13.1. The van der Waals surface area contributed by atoms with E-state index in [0.717, 1.165) is 54.9 Å². The Morgan fingerprint density at radius 3 is 2.54 bits per heavy atom. The van der Waals surface area contributed by atoms with E-state index in [0.29, 0.717) is 18.9 Å². The summed E-state index contributed by atoms with van der Waals surface area (Å²) in [4.78, 5) is 3.78. The minimum atomic E-state index is 0.291. The Morgan fingerprint density at radius 1 is 1.07 bits per heavy atom. The molecule has 0 radical (unpaired) electrons. The van der Waals surface area contributed by atoms with Crippen molar-refractivity contribution < 1.29 is 14.4 Å². The predicted octanol–water partition coefficient (Wildman–Crippen LogP) is 1.06. The first-order valence-corrected chi connectivity index (χ1v) is 9.86. The lowest BCUT2D eigenvalue weighted by atomic mass is 10.1. The van der Waals surface area contributed by atoms with E-state index in [9.17, 15) is 0 Å². The van der Waals surface area contributed by atoms with Gasteiger partial charge in [-0.2, -0.15) is 5.26 Å². The molecular weight excluding hydrogens is 372 g/mol. The highest BCUT2D eigenvalue weighted by atomic mass is 32.1. The lowest BCUT2D eigenvalue weighted by Gasteiger charge is -2.34. The molecule has 0 amide bonds. The molecule has 0 atom stereocenters. The summed E-state index contributed by atoms with van der Waals surface area (Å²) >= 11 is 5.59. The SMILES string of the molecule is N#Cc1ccc(C[NH+]2CCN(C(=S)NCc3ccc4c(c3)OCO4)CC2)cc1. The molecular formula is C21H23N4O2S+. The maximum atomic E-state index is 8.90. The fourth-order valence-electron chi connectivity index (χ4n) is 3.53. The van der Waals surface area contributed by atoms with E-state index in [1.807, 2.05) is 30.3 Å². The normalized spacial score (nSPS) is 15.9. The Bertz CT molecular complexity index is 886. The first-order chi connectivity index (χ1) is 13.7. The molecule has 4 rings (SSSR count). The standard InChI is InChI=1S/C21H22N4O2S/c22-12-16-1-3-17(4-2-16)14-24-7-9-25(10-8-24)21(28)23-13-18-5-6-19-20(11-18)27-15-26-19/h1-6,11H,7-10,13-15H2,(H,23,28)/p+1. The van der Waals surface area contributed by atoms with Crippen molar-refractivity contribution in [3.63, 3.8) is 0 Å². The maximum absolute atomic E-state index is 8.90. The molecule has 0 aliphatic carbocycles. The molecule has 2 aromatic rings. The van der Waals surface area contributed by atoms with Crippen LogP contribution in [0.4, 0.5) is 0 Å². The zero-order valence-corrected chi connectivity index (χ0v) is 16.4. The van der Waals surface area contributed by atoms with E-state index in [-0.39, 0.29) is 0 Å². The van der Waals surface area contributed by atoms with Crippen LogP contribution in [0, 0.1) is 11.3 Å². The van der Waals surface area contributed by atoms with Crippen LogP contribution in [0.15, 0.2) is 42.5 Å². The average Bonchev–Trinajstić information content (AvgIpc) is 3.21. The van der Waals surface area contributed by atoms with Gasteiger partial charge in [-0.1, -0.05) is 18.2 Å². The van der Waals surface area contributed by atoms with E-state index in [1.54, 1.807) is 4.90 Å². The van der Waals surface area contributed by atoms with Gasteiger partial charge in [-0.25, -0.2) is 0 Å². The summed E-state index contributed by atoms with van der Waals surface area (Å²) in [6, 6.07) is 16.0. The average molecular weight is 396 g/mol. The second kappa shape index (κ2) is 8.46. The molecule has 0 unspecified atom stereocenters. The van der Waals surface area contributed by atoms with Crippen LogP contribution < -0.4 is 19.7 Å². The fraction of sp³-hybridized carbons (Fsp3) is 0.333. The number of nitrogens with one attached hydrogen (secondary N) is 2. The monoisotopic (exact) mass is 395 g/mol. The van der Waals surface area contributed by atoms with Crippen LogP contribution in [-0.2, 0) is 13.1 Å². The minimum Gasteiger partial charge on any atom is -0.454 e. The van der Waals surface area contributed by atoms with Crippen molar-refractivity contribution in [3.05, 3.63) is 59.2 Å². The maximum Gasteiger partial charge on any atom is 0.231 e. The van der Waals surface area contributed by atoms with Gasteiger partial charge in [-0.3, -0.25) is 0 Å².